The van der Waals surface area contributed by atoms with Crippen molar-refractivity contribution in [3.8, 4) is 0 Å². The summed E-state index contributed by atoms with van der Waals surface area (Å²) in [6.45, 7) is 5.26. The average Bonchev–Trinajstić information content (AvgIpc) is 2.40. The molecule has 3 nitrogen and oxygen atoms in total. The van der Waals surface area contributed by atoms with Crippen LogP contribution in [-0.2, 0) is 4.74 Å². The first-order chi connectivity index (χ1) is 6.65. The van der Waals surface area contributed by atoms with Gasteiger partial charge in [-0.15, -0.1) is 0 Å². The minimum absolute atomic E-state index is 0.0758. The number of likely N-dealkylation sites (tertiary alicyclic amines) is 1. The van der Waals surface area contributed by atoms with Crippen molar-refractivity contribution in [2.45, 2.75) is 50.9 Å². The van der Waals surface area contributed by atoms with Gasteiger partial charge in [-0.1, -0.05) is 0 Å². The second kappa shape index (κ2) is 3.80. The van der Waals surface area contributed by atoms with Crippen LogP contribution in [-0.4, -0.2) is 48.0 Å². The molecule has 1 N–H and O–H groups in total. The molecule has 0 spiro atoms. The number of rotatable bonds is 3. The first-order valence-electron chi connectivity index (χ1n) is 5.59. The van der Waals surface area contributed by atoms with Crippen molar-refractivity contribution in [3.05, 3.63) is 0 Å². The molecule has 3 heteroatoms. The number of hydrogen-bond donors (Lipinski definition) is 1. The number of ether oxygens (including phenoxy) is 1. The first-order valence-corrected chi connectivity index (χ1v) is 5.59. The molecular weight excluding hydrogens is 178 g/mol. The van der Waals surface area contributed by atoms with Gasteiger partial charge in [-0.05, 0) is 32.6 Å². The van der Waals surface area contributed by atoms with E-state index in [4.69, 9.17) is 4.74 Å². The van der Waals surface area contributed by atoms with E-state index in [1.807, 2.05) is 0 Å². The molecule has 4 atom stereocenters. The summed E-state index contributed by atoms with van der Waals surface area (Å²) in [5.74, 6) is 0.673. The minimum atomic E-state index is -0.0758. The minimum Gasteiger partial charge on any atom is -0.393 e. The van der Waals surface area contributed by atoms with Crippen molar-refractivity contribution in [3.63, 3.8) is 0 Å². The quantitative estimate of drug-likeness (QED) is 0.732. The molecule has 1 saturated carbocycles. The fourth-order valence-corrected chi connectivity index (χ4v) is 3.29. The van der Waals surface area contributed by atoms with Crippen molar-refractivity contribution in [1.29, 1.82) is 0 Å². The summed E-state index contributed by atoms with van der Waals surface area (Å²) in [5, 5.41) is 9.63. The summed E-state index contributed by atoms with van der Waals surface area (Å²) in [7, 11) is 1.76. The standard InChI is InChI=1S/C11H21NO2/c1-7(2)12-10-5-8(13)4-9(10)11(12)6-14-3/h7-11,13H,4-6H2,1-3H3. The number of aliphatic hydroxyl groups is 1. The van der Waals surface area contributed by atoms with E-state index in [1.54, 1.807) is 7.11 Å². The number of fused-ring (bicyclic) bond motifs is 1. The topological polar surface area (TPSA) is 32.7 Å². The van der Waals surface area contributed by atoms with E-state index < -0.39 is 0 Å². The maximum absolute atomic E-state index is 9.63. The van der Waals surface area contributed by atoms with E-state index in [0.717, 1.165) is 19.4 Å². The van der Waals surface area contributed by atoms with Gasteiger partial charge in [0, 0.05) is 25.2 Å². The van der Waals surface area contributed by atoms with E-state index in [1.165, 1.54) is 0 Å². The second-order valence-electron chi connectivity index (χ2n) is 4.92. The fraction of sp³-hybridized carbons (Fsp3) is 1.00. The molecule has 0 amide bonds. The largest absolute Gasteiger partial charge is 0.393 e. The van der Waals surface area contributed by atoms with Gasteiger partial charge in [-0.2, -0.15) is 0 Å². The van der Waals surface area contributed by atoms with E-state index in [2.05, 4.69) is 18.7 Å². The van der Waals surface area contributed by atoms with Gasteiger partial charge < -0.3 is 9.84 Å². The predicted octanol–water partition coefficient (Wildman–Crippen LogP) is 0.865. The van der Waals surface area contributed by atoms with Crippen LogP contribution in [0.15, 0.2) is 0 Å². The molecule has 0 aromatic heterocycles. The molecule has 0 bridgehead atoms. The molecule has 1 saturated heterocycles. The molecular formula is C11H21NO2. The third kappa shape index (κ3) is 1.47. The Hall–Kier alpha value is -0.120. The maximum atomic E-state index is 9.63. The SMILES string of the molecule is COCC1C2CC(O)CC2N1C(C)C. The Kier molecular flexibility index (Phi) is 2.82. The highest BCUT2D eigenvalue weighted by atomic mass is 16.5. The third-order valence-electron chi connectivity index (χ3n) is 3.75. The van der Waals surface area contributed by atoms with Crippen LogP contribution in [0, 0.1) is 5.92 Å². The Morgan fingerprint density at radius 3 is 2.71 bits per heavy atom. The molecule has 2 fully saturated rings. The lowest BCUT2D eigenvalue weighted by Crippen LogP contribution is -2.65. The molecule has 1 heterocycles. The van der Waals surface area contributed by atoms with Crippen LogP contribution in [0.5, 0.6) is 0 Å². The molecule has 2 rings (SSSR count). The maximum Gasteiger partial charge on any atom is 0.0621 e. The zero-order chi connectivity index (χ0) is 10.3. The second-order valence-corrected chi connectivity index (χ2v) is 4.92. The number of hydrogen-bond acceptors (Lipinski definition) is 3. The van der Waals surface area contributed by atoms with Crippen molar-refractivity contribution in [2.75, 3.05) is 13.7 Å². The number of nitrogens with zero attached hydrogens (tertiary/aromatic N) is 1. The van der Waals surface area contributed by atoms with Crippen LogP contribution in [0.25, 0.3) is 0 Å². The molecule has 2 aliphatic rings. The Labute approximate surface area is 86.0 Å². The zero-order valence-corrected chi connectivity index (χ0v) is 9.31. The molecule has 1 aliphatic heterocycles. The van der Waals surface area contributed by atoms with Gasteiger partial charge in [0.1, 0.15) is 0 Å². The van der Waals surface area contributed by atoms with Gasteiger partial charge in [0.05, 0.1) is 12.7 Å². The Bertz CT molecular complexity index is 207. The molecule has 14 heavy (non-hydrogen) atoms. The normalized spacial score (nSPS) is 42.6. The highest BCUT2D eigenvalue weighted by molar-refractivity contribution is 5.07. The molecule has 0 aromatic carbocycles. The van der Waals surface area contributed by atoms with Gasteiger partial charge in [0.25, 0.3) is 0 Å². The molecule has 1 aliphatic carbocycles. The fourth-order valence-electron chi connectivity index (χ4n) is 3.29. The van der Waals surface area contributed by atoms with Gasteiger partial charge >= 0.3 is 0 Å². The van der Waals surface area contributed by atoms with E-state index in [-0.39, 0.29) is 6.10 Å². The van der Waals surface area contributed by atoms with E-state index in [9.17, 15) is 5.11 Å². The van der Waals surface area contributed by atoms with Crippen LogP contribution >= 0.6 is 0 Å². The van der Waals surface area contributed by atoms with Crippen molar-refractivity contribution >= 4 is 0 Å². The van der Waals surface area contributed by atoms with Crippen molar-refractivity contribution in [1.82, 2.24) is 4.90 Å². The van der Waals surface area contributed by atoms with Gasteiger partial charge in [0.15, 0.2) is 0 Å². The summed E-state index contributed by atoms with van der Waals surface area (Å²) in [4.78, 5) is 2.50. The van der Waals surface area contributed by atoms with Crippen LogP contribution in [0.3, 0.4) is 0 Å². The smallest absolute Gasteiger partial charge is 0.0621 e. The summed E-state index contributed by atoms with van der Waals surface area (Å²) in [6.07, 6.45) is 1.86. The molecule has 82 valence electrons. The highest BCUT2D eigenvalue weighted by Gasteiger charge is 2.53. The lowest BCUT2D eigenvalue weighted by molar-refractivity contribution is -0.0910. The van der Waals surface area contributed by atoms with Crippen LogP contribution in [0.2, 0.25) is 0 Å². The lowest BCUT2D eigenvalue weighted by Gasteiger charge is -2.54. The van der Waals surface area contributed by atoms with Gasteiger partial charge in [0.2, 0.25) is 0 Å². The average molecular weight is 199 g/mol. The number of methoxy groups -OCH3 is 1. The molecule has 4 unspecified atom stereocenters. The third-order valence-corrected chi connectivity index (χ3v) is 3.75. The summed E-state index contributed by atoms with van der Waals surface area (Å²) in [6, 6.07) is 1.73. The molecule has 0 aromatic rings. The predicted molar refractivity (Wildman–Crippen MR) is 55.2 cm³/mol. The van der Waals surface area contributed by atoms with Gasteiger partial charge in [-0.3, -0.25) is 4.90 Å². The van der Waals surface area contributed by atoms with Crippen LogP contribution in [0.1, 0.15) is 26.7 Å². The summed E-state index contributed by atoms with van der Waals surface area (Å²) < 4.78 is 5.25. The first kappa shape index (κ1) is 10.4. The lowest BCUT2D eigenvalue weighted by atomic mass is 9.81. The van der Waals surface area contributed by atoms with E-state index >= 15 is 0 Å². The van der Waals surface area contributed by atoms with Crippen molar-refractivity contribution < 1.29 is 9.84 Å². The van der Waals surface area contributed by atoms with Crippen LogP contribution in [0.4, 0.5) is 0 Å². The summed E-state index contributed by atoms with van der Waals surface area (Å²) in [5.41, 5.74) is 0. The summed E-state index contributed by atoms with van der Waals surface area (Å²) >= 11 is 0. The number of aliphatic hydroxyl groups excluding tert-OH is 1. The zero-order valence-electron chi connectivity index (χ0n) is 9.31. The Morgan fingerprint density at radius 2 is 2.14 bits per heavy atom. The Morgan fingerprint density at radius 1 is 1.43 bits per heavy atom. The van der Waals surface area contributed by atoms with Gasteiger partial charge in [-0.25, -0.2) is 0 Å². The Balaban J connectivity index is 2.02. The highest BCUT2D eigenvalue weighted by Crippen LogP contribution is 2.45. The molecule has 0 radical (unpaired) electrons. The van der Waals surface area contributed by atoms with Crippen molar-refractivity contribution in [2.24, 2.45) is 5.92 Å². The monoisotopic (exact) mass is 199 g/mol. The van der Waals surface area contributed by atoms with Crippen LogP contribution < -0.4 is 0 Å². The van der Waals surface area contributed by atoms with E-state index in [0.29, 0.717) is 24.0 Å².